The maximum atomic E-state index is 12.6. The standard InChI is InChI=1S/C13H10F3NO/c14-13(15,16)9-6-10(17)8-12(7-9)18-11-4-2-1-3-5-11/h1-8H,17H2. The van der Waals surface area contributed by atoms with Crippen molar-refractivity contribution in [2.24, 2.45) is 0 Å². The highest BCUT2D eigenvalue weighted by molar-refractivity contribution is 5.49. The molecule has 0 aliphatic carbocycles. The molecule has 0 fully saturated rings. The molecule has 0 bridgehead atoms. The van der Waals surface area contributed by atoms with E-state index in [4.69, 9.17) is 10.5 Å². The largest absolute Gasteiger partial charge is 0.457 e. The highest BCUT2D eigenvalue weighted by atomic mass is 19.4. The average molecular weight is 253 g/mol. The molecule has 2 N–H and O–H groups in total. The van der Waals surface area contributed by atoms with Crippen molar-refractivity contribution >= 4 is 5.69 Å². The zero-order valence-electron chi connectivity index (χ0n) is 9.24. The summed E-state index contributed by atoms with van der Waals surface area (Å²) < 4.78 is 43.0. The predicted octanol–water partition coefficient (Wildman–Crippen LogP) is 4.08. The average Bonchev–Trinajstić information content (AvgIpc) is 2.28. The minimum Gasteiger partial charge on any atom is -0.457 e. The molecule has 2 nitrogen and oxygen atoms in total. The summed E-state index contributed by atoms with van der Waals surface area (Å²) in [6.45, 7) is 0. The van der Waals surface area contributed by atoms with Gasteiger partial charge in [-0.15, -0.1) is 0 Å². The van der Waals surface area contributed by atoms with E-state index < -0.39 is 11.7 Å². The summed E-state index contributed by atoms with van der Waals surface area (Å²) in [4.78, 5) is 0. The van der Waals surface area contributed by atoms with Gasteiger partial charge in [0.25, 0.3) is 0 Å². The molecule has 5 heteroatoms. The fourth-order valence-corrected chi connectivity index (χ4v) is 1.47. The van der Waals surface area contributed by atoms with Gasteiger partial charge >= 0.3 is 6.18 Å². The molecule has 2 aromatic rings. The van der Waals surface area contributed by atoms with Crippen LogP contribution in [0.4, 0.5) is 18.9 Å². The highest BCUT2D eigenvalue weighted by Crippen LogP contribution is 2.34. The Bertz CT molecular complexity index is 538. The van der Waals surface area contributed by atoms with E-state index in [-0.39, 0.29) is 11.4 Å². The number of benzene rings is 2. The molecule has 0 aliphatic rings. The lowest BCUT2D eigenvalue weighted by atomic mass is 10.2. The first-order valence-electron chi connectivity index (χ1n) is 5.16. The summed E-state index contributed by atoms with van der Waals surface area (Å²) in [7, 11) is 0. The number of nitrogens with two attached hydrogens (primary N) is 1. The first-order chi connectivity index (χ1) is 8.45. The van der Waals surface area contributed by atoms with Crippen molar-refractivity contribution in [2.45, 2.75) is 6.18 Å². The summed E-state index contributed by atoms with van der Waals surface area (Å²) in [6, 6.07) is 11.7. The van der Waals surface area contributed by atoms with Crippen LogP contribution in [0.25, 0.3) is 0 Å². The van der Waals surface area contributed by atoms with Crippen LogP contribution in [0.1, 0.15) is 5.56 Å². The van der Waals surface area contributed by atoms with Crippen molar-refractivity contribution in [2.75, 3.05) is 5.73 Å². The van der Waals surface area contributed by atoms with Gasteiger partial charge in [-0.25, -0.2) is 0 Å². The summed E-state index contributed by atoms with van der Waals surface area (Å²) in [5.74, 6) is 0.518. The molecule has 0 saturated heterocycles. The molecule has 0 aromatic heterocycles. The molecule has 2 rings (SSSR count). The zero-order chi connectivity index (χ0) is 13.2. The van der Waals surface area contributed by atoms with Crippen LogP contribution in [0.5, 0.6) is 11.5 Å². The lowest BCUT2D eigenvalue weighted by molar-refractivity contribution is -0.137. The molecule has 0 aliphatic heterocycles. The van der Waals surface area contributed by atoms with E-state index in [1.807, 2.05) is 0 Å². The Balaban J connectivity index is 2.32. The van der Waals surface area contributed by atoms with Crippen molar-refractivity contribution in [1.29, 1.82) is 0 Å². The Labute approximate surface area is 102 Å². The van der Waals surface area contributed by atoms with Gasteiger partial charge in [0.2, 0.25) is 0 Å². The number of nitrogen functional groups attached to an aromatic ring is 1. The quantitative estimate of drug-likeness (QED) is 0.818. The summed E-state index contributed by atoms with van der Waals surface area (Å²) in [5, 5.41) is 0. The fraction of sp³-hybridized carbons (Fsp3) is 0.0769. The molecule has 0 atom stereocenters. The minimum absolute atomic E-state index is 0.00996. The lowest BCUT2D eigenvalue weighted by Gasteiger charge is -2.11. The lowest BCUT2D eigenvalue weighted by Crippen LogP contribution is -2.06. The Hall–Kier alpha value is -2.17. The van der Waals surface area contributed by atoms with E-state index in [0.717, 1.165) is 12.1 Å². The van der Waals surface area contributed by atoms with Gasteiger partial charge in [-0.05, 0) is 24.3 Å². The Morgan fingerprint density at radius 2 is 1.56 bits per heavy atom. The normalized spacial score (nSPS) is 11.3. The third-order valence-corrected chi connectivity index (χ3v) is 2.24. The van der Waals surface area contributed by atoms with Crippen LogP contribution in [0, 0.1) is 0 Å². The number of rotatable bonds is 2. The maximum absolute atomic E-state index is 12.6. The third-order valence-electron chi connectivity index (χ3n) is 2.24. The first kappa shape index (κ1) is 12.3. The van der Waals surface area contributed by atoms with E-state index >= 15 is 0 Å². The third kappa shape index (κ3) is 2.94. The van der Waals surface area contributed by atoms with Crippen LogP contribution in [-0.4, -0.2) is 0 Å². The van der Waals surface area contributed by atoms with Gasteiger partial charge in [0, 0.05) is 11.8 Å². The summed E-state index contributed by atoms with van der Waals surface area (Å²) in [5.41, 5.74) is 4.61. The second-order valence-corrected chi connectivity index (χ2v) is 3.70. The zero-order valence-corrected chi connectivity index (χ0v) is 9.24. The minimum atomic E-state index is -4.44. The second kappa shape index (κ2) is 4.60. The number of anilines is 1. The molecule has 0 radical (unpaired) electrons. The fourth-order valence-electron chi connectivity index (χ4n) is 1.47. The van der Waals surface area contributed by atoms with Gasteiger partial charge in [-0.2, -0.15) is 13.2 Å². The van der Waals surface area contributed by atoms with Crippen LogP contribution in [0.2, 0.25) is 0 Å². The molecule has 94 valence electrons. The molecule has 0 amide bonds. The molecule has 0 unspecified atom stereocenters. The smallest absolute Gasteiger partial charge is 0.416 e. The SMILES string of the molecule is Nc1cc(Oc2ccccc2)cc(C(F)(F)F)c1. The number of alkyl halides is 3. The molecular formula is C13H10F3NO. The van der Waals surface area contributed by atoms with Crippen molar-refractivity contribution < 1.29 is 17.9 Å². The number of hydrogen-bond donors (Lipinski definition) is 1. The second-order valence-electron chi connectivity index (χ2n) is 3.70. The van der Waals surface area contributed by atoms with E-state index in [1.165, 1.54) is 6.07 Å². The van der Waals surface area contributed by atoms with E-state index in [9.17, 15) is 13.2 Å². The number of ether oxygens (including phenoxy) is 1. The monoisotopic (exact) mass is 253 g/mol. The first-order valence-corrected chi connectivity index (χ1v) is 5.16. The van der Waals surface area contributed by atoms with E-state index in [0.29, 0.717) is 5.75 Å². The van der Waals surface area contributed by atoms with Gasteiger partial charge < -0.3 is 10.5 Å². The van der Waals surface area contributed by atoms with Crippen molar-refractivity contribution in [3.63, 3.8) is 0 Å². The topological polar surface area (TPSA) is 35.2 Å². The van der Waals surface area contributed by atoms with Crippen molar-refractivity contribution in [1.82, 2.24) is 0 Å². The van der Waals surface area contributed by atoms with E-state index in [1.54, 1.807) is 30.3 Å². The van der Waals surface area contributed by atoms with Crippen LogP contribution in [0.3, 0.4) is 0 Å². The van der Waals surface area contributed by atoms with Crippen molar-refractivity contribution in [3.8, 4) is 11.5 Å². The number of halogens is 3. The molecule has 18 heavy (non-hydrogen) atoms. The number of para-hydroxylation sites is 1. The maximum Gasteiger partial charge on any atom is 0.416 e. The van der Waals surface area contributed by atoms with Gasteiger partial charge in [-0.1, -0.05) is 18.2 Å². The van der Waals surface area contributed by atoms with E-state index in [2.05, 4.69) is 0 Å². The molecule has 0 spiro atoms. The Kier molecular flexibility index (Phi) is 3.14. The number of hydrogen-bond acceptors (Lipinski definition) is 2. The van der Waals surface area contributed by atoms with Gasteiger partial charge in [0.1, 0.15) is 11.5 Å². The molecule has 2 aromatic carbocycles. The predicted molar refractivity (Wildman–Crippen MR) is 62.4 cm³/mol. The highest BCUT2D eigenvalue weighted by Gasteiger charge is 2.31. The molecular weight excluding hydrogens is 243 g/mol. The van der Waals surface area contributed by atoms with Crippen LogP contribution in [-0.2, 0) is 6.18 Å². The van der Waals surface area contributed by atoms with Gasteiger partial charge in [0.15, 0.2) is 0 Å². The van der Waals surface area contributed by atoms with Crippen LogP contribution in [0.15, 0.2) is 48.5 Å². The van der Waals surface area contributed by atoms with Gasteiger partial charge in [-0.3, -0.25) is 0 Å². The Morgan fingerprint density at radius 1 is 0.889 bits per heavy atom. The summed E-state index contributed by atoms with van der Waals surface area (Å²) >= 11 is 0. The van der Waals surface area contributed by atoms with Crippen LogP contribution < -0.4 is 10.5 Å². The van der Waals surface area contributed by atoms with Crippen molar-refractivity contribution in [3.05, 3.63) is 54.1 Å². The molecule has 0 saturated carbocycles. The van der Waals surface area contributed by atoms with Crippen LogP contribution >= 0.6 is 0 Å². The molecule has 0 heterocycles. The summed E-state index contributed by atoms with van der Waals surface area (Å²) in [6.07, 6.45) is -4.44. The Morgan fingerprint density at radius 3 is 2.17 bits per heavy atom. The van der Waals surface area contributed by atoms with Gasteiger partial charge in [0.05, 0.1) is 5.56 Å².